The summed E-state index contributed by atoms with van der Waals surface area (Å²) in [5, 5.41) is 4.69. The molecule has 8 heteroatoms. The molecule has 1 heterocycles. The van der Waals surface area contributed by atoms with Gasteiger partial charge in [-0.15, -0.1) is 22.4 Å². The van der Waals surface area contributed by atoms with Crippen molar-refractivity contribution in [3.63, 3.8) is 0 Å². The molecular formula is C22H30Cl2O2Si3Ti. The summed E-state index contributed by atoms with van der Waals surface area (Å²) in [5.41, 5.74) is 3.19. The second-order valence-corrected chi connectivity index (χ2v) is 20.5. The number of allylic oxidation sites excluding steroid dienone is 4. The molecule has 3 aliphatic rings. The van der Waals surface area contributed by atoms with Crippen LogP contribution in [0.1, 0.15) is 6.92 Å². The van der Waals surface area contributed by atoms with Gasteiger partial charge < -0.3 is 40.6 Å². The first-order valence-electron chi connectivity index (χ1n) is 9.69. The number of hydrogen-bond acceptors (Lipinski definition) is 2. The Labute approximate surface area is 213 Å². The van der Waals surface area contributed by atoms with Crippen LogP contribution in [0.25, 0.3) is 11.1 Å². The first-order chi connectivity index (χ1) is 12.5. The van der Waals surface area contributed by atoms with Crippen LogP contribution in [-0.4, -0.2) is 38.3 Å². The van der Waals surface area contributed by atoms with Crippen molar-refractivity contribution in [3.8, 4) is 0 Å². The summed E-state index contributed by atoms with van der Waals surface area (Å²) in [7, 11) is -2.71. The number of rotatable bonds is 4. The van der Waals surface area contributed by atoms with Gasteiger partial charge in [-0.3, -0.25) is 0 Å². The largest absolute Gasteiger partial charge is 4.00 e. The Morgan fingerprint density at radius 2 is 1.63 bits per heavy atom. The van der Waals surface area contributed by atoms with Crippen molar-refractivity contribution in [1.82, 2.24) is 0 Å². The van der Waals surface area contributed by atoms with E-state index in [2.05, 4.69) is 64.4 Å². The Kier molecular flexibility index (Phi) is 11.2. The van der Waals surface area contributed by atoms with E-state index in [9.17, 15) is 4.79 Å². The van der Waals surface area contributed by atoms with Gasteiger partial charge >= 0.3 is 21.7 Å². The number of fused-ring (bicyclic) bond motifs is 2. The van der Waals surface area contributed by atoms with Gasteiger partial charge in [0.05, 0.1) is 0 Å². The van der Waals surface area contributed by atoms with E-state index in [0.29, 0.717) is 5.78 Å². The molecule has 1 aliphatic heterocycles. The van der Waals surface area contributed by atoms with Crippen LogP contribution in [0.3, 0.4) is 0 Å². The molecule has 4 rings (SSSR count). The smallest absolute Gasteiger partial charge is 1.00 e. The van der Waals surface area contributed by atoms with E-state index in [1.165, 1.54) is 22.0 Å². The Balaban J connectivity index is 0.000000546. The number of Topliss-reactive ketones (excluding diaryl/α,β-unsaturated/α-hetero) is 1. The molecule has 0 radical (unpaired) electrons. The fourth-order valence-corrected chi connectivity index (χ4v) is 5.97. The van der Waals surface area contributed by atoms with Crippen molar-refractivity contribution < 1.29 is 55.8 Å². The fourth-order valence-electron chi connectivity index (χ4n) is 3.28. The van der Waals surface area contributed by atoms with Crippen LogP contribution in [-0.2, 0) is 30.9 Å². The molecule has 0 N–H and O–H groups in total. The molecule has 1 aromatic rings. The SMILES string of the molecule is CC1=c2ccccc2=C2C(=O)C3=C([C-]=C12)[SiH2]3.[CH2-][Si](C)(C)CCO[Si](C)(C)C.[Cl-].[Cl-].[Ti+4]. The van der Waals surface area contributed by atoms with Crippen molar-refractivity contribution in [2.24, 2.45) is 0 Å². The zero-order valence-electron chi connectivity index (χ0n) is 18.7. The van der Waals surface area contributed by atoms with E-state index in [-0.39, 0.29) is 56.1 Å². The third kappa shape index (κ3) is 7.27. The number of carbonyl (C=O) groups is 1. The van der Waals surface area contributed by atoms with Crippen molar-refractivity contribution in [1.29, 1.82) is 0 Å². The maximum absolute atomic E-state index is 12.2. The van der Waals surface area contributed by atoms with Crippen molar-refractivity contribution in [3.05, 3.63) is 63.3 Å². The van der Waals surface area contributed by atoms with E-state index in [4.69, 9.17) is 4.43 Å². The minimum atomic E-state index is -1.26. The summed E-state index contributed by atoms with van der Waals surface area (Å²) in [6.45, 7) is 18.4. The quantitative estimate of drug-likeness (QED) is 0.301. The van der Waals surface area contributed by atoms with Gasteiger partial charge in [0.15, 0.2) is 8.32 Å². The van der Waals surface area contributed by atoms with Crippen molar-refractivity contribution in [2.45, 2.75) is 45.7 Å². The number of hydrogen-bond donors (Lipinski definition) is 0. The van der Waals surface area contributed by atoms with Gasteiger partial charge in [-0.05, 0) is 19.6 Å². The molecule has 0 spiro atoms. The third-order valence-corrected chi connectivity index (χ3v) is 9.10. The molecule has 2 nitrogen and oxygen atoms in total. The van der Waals surface area contributed by atoms with Gasteiger partial charge in [-0.1, -0.05) is 79.6 Å². The first kappa shape index (κ1) is 30.0. The predicted octanol–water partition coefficient (Wildman–Crippen LogP) is -3.35. The molecule has 0 saturated heterocycles. The summed E-state index contributed by atoms with van der Waals surface area (Å²) in [5.74, 6) is 0.291. The van der Waals surface area contributed by atoms with Crippen LogP contribution in [0.4, 0.5) is 0 Å². The normalized spacial score (nSPS) is 16.8. The molecule has 2 aliphatic carbocycles. The molecule has 0 fully saturated rings. The molecule has 30 heavy (non-hydrogen) atoms. The number of ketones is 1. The summed E-state index contributed by atoms with van der Waals surface area (Å²) < 4.78 is 5.74. The fraction of sp³-hybridized carbons (Fsp3) is 0.364. The van der Waals surface area contributed by atoms with Gasteiger partial charge in [0.1, 0.15) is 5.78 Å². The average molecular weight is 530 g/mol. The van der Waals surface area contributed by atoms with Gasteiger partial charge in [0, 0.05) is 16.1 Å². The Hall–Kier alpha value is 0.0149. The number of halogens is 2. The Morgan fingerprint density at radius 1 is 1.07 bits per heavy atom. The second-order valence-electron chi connectivity index (χ2n) is 9.38. The maximum Gasteiger partial charge on any atom is 4.00 e. The molecule has 0 aromatic heterocycles. The van der Waals surface area contributed by atoms with Gasteiger partial charge in [-0.25, -0.2) is 0 Å². The molecule has 0 unspecified atom stereocenters. The van der Waals surface area contributed by atoms with Crippen LogP contribution in [0.5, 0.6) is 0 Å². The van der Waals surface area contributed by atoms with Crippen LogP contribution in [0.15, 0.2) is 40.2 Å². The van der Waals surface area contributed by atoms with Gasteiger partial charge in [-0.2, -0.15) is 0 Å². The van der Waals surface area contributed by atoms with E-state index in [1.54, 1.807) is 0 Å². The van der Waals surface area contributed by atoms with Crippen LogP contribution >= 0.6 is 0 Å². The zero-order chi connectivity index (χ0) is 20.0. The van der Waals surface area contributed by atoms with E-state index >= 15 is 0 Å². The van der Waals surface area contributed by atoms with Crippen LogP contribution < -0.4 is 35.3 Å². The third-order valence-electron chi connectivity index (χ3n) is 4.91. The minimum absolute atomic E-state index is 0. The average Bonchev–Trinajstić information content (AvgIpc) is 3.26. The maximum atomic E-state index is 12.2. The number of benzene rings is 1. The summed E-state index contributed by atoms with van der Waals surface area (Å²) in [6, 6.07) is 9.37. The number of carbonyl (C=O) groups excluding carboxylic acids is 1. The molecule has 0 atom stereocenters. The van der Waals surface area contributed by atoms with E-state index in [1.807, 2.05) is 12.1 Å². The molecule has 1 aromatic carbocycles. The predicted molar refractivity (Wildman–Crippen MR) is 122 cm³/mol. The standard InChI is InChI=1S/C14H9OSi.C8H21OSi2.2ClH.Ti/c1-7-8-4-2-3-5-9(8)12-10(7)6-11-14(16-11)13(12)15;1-10(2,3)8-7-9-11(4,5)6;;;/h2-5H,16H2,1H3;1,7-8H2,2-6H3;2*1H;/q2*-1;;;+4/p-2. The molecular weight excluding hydrogens is 499 g/mol. The molecule has 0 saturated carbocycles. The molecule has 0 bridgehead atoms. The van der Waals surface area contributed by atoms with Crippen molar-refractivity contribution in [2.75, 3.05) is 6.61 Å². The molecule has 0 amide bonds. The van der Waals surface area contributed by atoms with Crippen LogP contribution in [0.2, 0.25) is 38.8 Å². The van der Waals surface area contributed by atoms with Crippen molar-refractivity contribution >= 4 is 42.8 Å². The zero-order valence-corrected chi connectivity index (χ0v) is 25.2. The van der Waals surface area contributed by atoms with Crippen LogP contribution in [0, 0.1) is 12.6 Å². The Bertz CT molecular complexity index is 973. The van der Waals surface area contributed by atoms with Gasteiger partial charge in [0.25, 0.3) is 0 Å². The minimum Gasteiger partial charge on any atom is -1.00 e. The van der Waals surface area contributed by atoms with Gasteiger partial charge in [0.2, 0.25) is 0 Å². The second kappa shape index (κ2) is 11.2. The van der Waals surface area contributed by atoms with E-state index < -0.39 is 16.4 Å². The monoisotopic (exact) mass is 528 g/mol. The Morgan fingerprint density at radius 3 is 2.17 bits per heavy atom. The summed E-state index contributed by atoms with van der Waals surface area (Å²) in [6.07, 6.45) is 3.44. The molecule has 160 valence electrons. The first-order valence-corrected chi connectivity index (χ1v) is 17.9. The summed E-state index contributed by atoms with van der Waals surface area (Å²) in [4.78, 5) is 12.2. The summed E-state index contributed by atoms with van der Waals surface area (Å²) >= 11 is 0. The topological polar surface area (TPSA) is 26.3 Å². The van der Waals surface area contributed by atoms with E-state index in [0.717, 1.165) is 28.2 Å².